The number of anilines is 1. The van der Waals surface area contributed by atoms with Crippen molar-refractivity contribution in [2.24, 2.45) is 0 Å². The third kappa shape index (κ3) is 4.33. The van der Waals surface area contributed by atoms with Gasteiger partial charge in [-0.2, -0.15) is 4.68 Å². The van der Waals surface area contributed by atoms with Crippen molar-refractivity contribution in [1.82, 2.24) is 30.5 Å². The summed E-state index contributed by atoms with van der Waals surface area (Å²) in [6, 6.07) is 3.19. The Morgan fingerprint density at radius 2 is 2.17 bits per heavy atom. The maximum atomic E-state index is 12.7. The number of ether oxygens (including phenoxy) is 1. The fraction of sp³-hybridized carbons (Fsp3) is 0.389. The molecule has 0 aliphatic carbocycles. The number of methoxy groups -OCH3 is 1. The molecule has 152 valence electrons. The van der Waals surface area contributed by atoms with Crippen LogP contribution in [0.2, 0.25) is 5.02 Å². The first-order valence-corrected chi connectivity index (χ1v) is 10.5. The van der Waals surface area contributed by atoms with Crippen LogP contribution in [0.1, 0.15) is 28.9 Å². The van der Waals surface area contributed by atoms with Crippen LogP contribution in [-0.2, 0) is 6.42 Å². The molecule has 3 aromatic rings. The number of benzene rings is 1. The van der Waals surface area contributed by atoms with E-state index in [0.29, 0.717) is 35.0 Å². The molecule has 1 fully saturated rings. The molecule has 0 spiro atoms. The van der Waals surface area contributed by atoms with E-state index >= 15 is 0 Å². The number of nitrogens with zero attached hydrogens (tertiary/aromatic N) is 6. The van der Waals surface area contributed by atoms with Crippen molar-refractivity contribution in [1.29, 1.82) is 0 Å². The average molecular weight is 434 g/mol. The van der Waals surface area contributed by atoms with Gasteiger partial charge in [0.15, 0.2) is 5.13 Å². The van der Waals surface area contributed by atoms with E-state index in [1.165, 1.54) is 31.0 Å². The first-order valence-electron chi connectivity index (χ1n) is 9.24. The Kier molecular flexibility index (Phi) is 5.91. The summed E-state index contributed by atoms with van der Waals surface area (Å²) in [5.74, 6) is 0.129. The smallest absolute Gasteiger partial charge is 0.255 e. The largest absolute Gasteiger partial charge is 0.496 e. The van der Waals surface area contributed by atoms with Gasteiger partial charge in [0, 0.05) is 37.5 Å². The Labute approximate surface area is 176 Å². The molecular formula is C18H20ClN7O2S. The lowest BCUT2D eigenvalue weighted by Crippen LogP contribution is -2.26. The van der Waals surface area contributed by atoms with Crippen LogP contribution in [-0.4, -0.2) is 57.8 Å². The van der Waals surface area contributed by atoms with E-state index in [4.69, 9.17) is 16.3 Å². The minimum Gasteiger partial charge on any atom is -0.496 e. The zero-order valence-electron chi connectivity index (χ0n) is 15.8. The summed E-state index contributed by atoms with van der Waals surface area (Å²) in [4.78, 5) is 19.6. The highest BCUT2D eigenvalue weighted by Gasteiger charge is 2.18. The molecule has 3 heterocycles. The molecule has 4 rings (SSSR count). The zero-order chi connectivity index (χ0) is 20.2. The van der Waals surface area contributed by atoms with Gasteiger partial charge in [0.2, 0.25) is 0 Å². The predicted molar refractivity (Wildman–Crippen MR) is 110 cm³/mol. The van der Waals surface area contributed by atoms with Crippen LogP contribution in [0.5, 0.6) is 5.75 Å². The number of aromatic nitrogens is 5. The van der Waals surface area contributed by atoms with Gasteiger partial charge < -0.3 is 15.0 Å². The molecule has 1 aliphatic heterocycles. The number of carbonyl (C=O) groups excluding carboxylic acids is 1. The monoisotopic (exact) mass is 433 g/mol. The van der Waals surface area contributed by atoms with Crippen molar-refractivity contribution in [2.75, 3.05) is 31.6 Å². The maximum Gasteiger partial charge on any atom is 0.255 e. The molecule has 9 nitrogen and oxygen atoms in total. The Balaban J connectivity index is 1.40. The maximum absolute atomic E-state index is 12.7. The lowest BCUT2D eigenvalue weighted by atomic mass is 10.1. The molecule has 1 saturated heterocycles. The second-order valence-corrected chi connectivity index (χ2v) is 7.82. The SMILES string of the molecule is COc1cc(-n2cnnn2)c(Cl)cc1C(=O)NCCc1csc(N2CCCC2)n1. The van der Waals surface area contributed by atoms with Crippen LogP contribution < -0.4 is 15.0 Å². The highest BCUT2D eigenvalue weighted by Crippen LogP contribution is 2.29. The topological polar surface area (TPSA) is 98.1 Å². The molecule has 29 heavy (non-hydrogen) atoms. The van der Waals surface area contributed by atoms with E-state index in [2.05, 4.69) is 36.1 Å². The van der Waals surface area contributed by atoms with E-state index in [0.717, 1.165) is 23.9 Å². The summed E-state index contributed by atoms with van der Waals surface area (Å²) in [6.45, 7) is 2.62. The number of nitrogens with one attached hydrogen (secondary N) is 1. The van der Waals surface area contributed by atoms with Gasteiger partial charge in [-0.1, -0.05) is 11.6 Å². The van der Waals surface area contributed by atoms with Crippen LogP contribution in [0.25, 0.3) is 5.69 Å². The average Bonchev–Trinajstić information content (AvgIpc) is 3.49. The molecule has 1 aromatic carbocycles. The Morgan fingerprint density at radius 1 is 1.34 bits per heavy atom. The van der Waals surface area contributed by atoms with Gasteiger partial charge in [0.25, 0.3) is 5.91 Å². The number of amides is 1. The van der Waals surface area contributed by atoms with E-state index in [1.54, 1.807) is 23.5 Å². The fourth-order valence-corrected chi connectivity index (χ4v) is 4.36. The van der Waals surface area contributed by atoms with Crippen LogP contribution in [0.3, 0.4) is 0 Å². The molecular weight excluding hydrogens is 414 g/mol. The van der Waals surface area contributed by atoms with E-state index in [-0.39, 0.29) is 5.91 Å². The summed E-state index contributed by atoms with van der Waals surface area (Å²) >= 11 is 7.98. The number of rotatable bonds is 7. The normalized spacial score (nSPS) is 13.7. The summed E-state index contributed by atoms with van der Waals surface area (Å²) in [6.07, 6.45) is 4.53. The third-order valence-corrected chi connectivity index (χ3v) is 5.95. The predicted octanol–water partition coefficient (Wildman–Crippen LogP) is 2.35. The first kappa shape index (κ1) is 19.6. The van der Waals surface area contributed by atoms with Crippen LogP contribution in [0.15, 0.2) is 23.8 Å². The molecule has 0 saturated carbocycles. The number of thiazole rings is 1. The van der Waals surface area contributed by atoms with Gasteiger partial charge in [0.05, 0.1) is 29.1 Å². The molecule has 1 N–H and O–H groups in total. The van der Waals surface area contributed by atoms with Gasteiger partial charge in [0.1, 0.15) is 12.1 Å². The highest BCUT2D eigenvalue weighted by molar-refractivity contribution is 7.13. The van der Waals surface area contributed by atoms with Crippen LogP contribution in [0.4, 0.5) is 5.13 Å². The minimum absolute atomic E-state index is 0.262. The molecule has 2 aromatic heterocycles. The van der Waals surface area contributed by atoms with E-state index < -0.39 is 0 Å². The summed E-state index contributed by atoms with van der Waals surface area (Å²) in [5.41, 5.74) is 1.86. The molecule has 0 unspecified atom stereocenters. The van der Waals surface area contributed by atoms with Crippen molar-refractivity contribution >= 4 is 34.0 Å². The molecule has 0 atom stereocenters. The van der Waals surface area contributed by atoms with Gasteiger partial charge in [-0.05, 0) is 29.3 Å². The first-order chi connectivity index (χ1) is 14.2. The molecule has 1 amide bonds. The van der Waals surface area contributed by atoms with Crippen LogP contribution in [0, 0.1) is 0 Å². The van der Waals surface area contributed by atoms with Gasteiger partial charge in [-0.25, -0.2) is 4.98 Å². The quantitative estimate of drug-likeness (QED) is 0.610. The number of hydrogen-bond acceptors (Lipinski definition) is 8. The minimum atomic E-state index is -0.262. The third-order valence-electron chi connectivity index (χ3n) is 4.69. The molecule has 0 radical (unpaired) electrons. The molecule has 1 aliphatic rings. The number of tetrazole rings is 1. The van der Waals surface area contributed by atoms with Crippen molar-refractivity contribution in [3.63, 3.8) is 0 Å². The van der Waals surface area contributed by atoms with Crippen molar-refractivity contribution in [3.05, 3.63) is 40.1 Å². The van der Waals surface area contributed by atoms with Crippen LogP contribution >= 0.6 is 22.9 Å². The number of hydrogen-bond donors (Lipinski definition) is 1. The molecule has 11 heteroatoms. The second kappa shape index (κ2) is 8.75. The lowest BCUT2D eigenvalue weighted by Gasteiger charge is -2.13. The van der Waals surface area contributed by atoms with Gasteiger partial charge in [-0.15, -0.1) is 16.4 Å². The Morgan fingerprint density at radius 3 is 2.90 bits per heavy atom. The zero-order valence-corrected chi connectivity index (χ0v) is 17.4. The number of halogens is 1. The highest BCUT2D eigenvalue weighted by atomic mass is 35.5. The lowest BCUT2D eigenvalue weighted by molar-refractivity contribution is 0.0951. The summed E-state index contributed by atoms with van der Waals surface area (Å²) in [5, 5.41) is 17.4. The Bertz CT molecular complexity index is 986. The molecule has 0 bridgehead atoms. The van der Waals surface area contributed by atoms with E-state index in [1.807, 2.05) is 0 Å². The van der Waals surface area contributed by atoms with Crippen molar-refractivity contribution < 1.29 is 9.53 Å². The standard InChI is InChI=1S/C18H20ClN7O2S/c1-28-16-9-15(26-11-21-23-24-26)14(19)8-13(16)17(27)20-5-4-12-10-29-18(22-12)25-6-2-3-7-25/h8-11H,2-7H2,1H3,(H,20,27). The van der Waals surface area contributed by atoms with Gasteiger partial charge >= 0.3 is 0 Å². The van der Waals surface area contributed by atoms with E-state index in [9.17, 15) is 4.79 Å². The Hall–Kier alpha value is -2.72. The fourth-order valence-electron chi connectivity index (χ4n) is 3.20. The summed E-state index contributed by atoms with van der Waals surface area (Å²) in [7, 11) is 1.50. The van der Waals surface area contributed by atoms with Crippen molar-refractivity contribution in [3.8, 4) is 11.4 Å². The second-order valence-electron chi connectivity index (χ2n) is 6.58. The number of carbonyl (C=O) groups is 1. The van der Waals surface area contributed by atoms with Gasteiger partial charge in [-0.3, -0.25) is 4.79 Å². The summed E-state index contributed by atoms with van der Waals surface area (Å²) < 4.78 is 6.78. The van der Waals surface area contributed by atoms with Crippen molar-refractivity contribution in [2.45, 2.75) is 19.3 Å².